The first-order valence-electron chi connectivity index (χ1n) is 4.56. The summed E-state index contributed by atoms with van der Waals surface area (Å²) in [7, 11) is 0. The van der Waals surface area contributed by atoms with E-state index >= 15 is 0 Å². The first-order valence-corrected chi connectivity index (χ1v) is 5.32. The highest BCUT2D eigenvalue weighted by Gasteiger charge is 2.17. The molecule has 1 aromatic rings. The Bertz CT molecular complexity index is 430. The van der Waals surface area contributed by atoms with Crippen LogP contribution in [0.1, 0.15) is 17.3 Å². The average molecular weight is 278 g/mol. The van der Waals surface area contributed by atoms with Gasteiger partial charge in [-0.1, -0.05) is 29.3 Å². The molecule has 0 aliphatic heterocycles. The summed E-state index contributed by atoms with van der Waals surface area (Å²) in [6.45, 7) is 1.27. The maximum absolute atomic E-state index is 11.6. The van der Waals surface area contributed by atoms with E-state index in [1.165, 1.54) is 19.1 Å². The molecule has 0 saturated heterocycles. The number of amides is 1. The molecule has 0 spiro atoms. The molecule has 0 bridgehead atoms. The quantitative estimate of drug-likeness (QED) is 0.827. The Morgan fingerprint density at radius 3 is 2.35 bits per heavy atom. The number of carbonyl (C=O) groups excluding carboxylic acids is 1. The van der Waals surface area contributed by atoms with Crippen LogP contribution in [0.3, 0.4) is 0 Å². The minimum Gasteiger partial charge on any atom is -0.479 e. The van der Waals surface area contributed by atoms with Gasteiger partial charge in [-0.05, 0) is 19.1 Å². The zero-order chi connectivity index (χ0) is 13.0. The van der Waals surface area contributed by atoms with Crippen molar-refractivity contribution in [2.24, 2.45) is 0 Å². The van der Waals surface area contributed by atoms with Gasteiger partial charge in [-0.3, -0.25) is 9.63 Å². The monoisotopic (exact) mass is 277 g/mol. The second-order valence-electron chi connectivity index (χ2n) is 3.13. The maximum Gasteiger partial charge on any atom is 0.335 e. The van der Waals surface area contributed by atoms with Crippen LogP contribution in [0.25, 0.3) is 0 Å². The van der Waals surface area contributed by atoms with Crippen LogP contribution in [0.15, 0.2) is 18.2 Å². The van der Waals surface area contributed by atoms with Crippen molar-refractivity contribution < 1.29 is 19.5 Å². The van der Waals surface area contributed by atoms with Gasteiger partial charge in [0.15, 0.2) is 6.10 Å². The van der Waals surface area contributed by atoms with Crippen molar-refractivity contribution in [3.05, 3.63) is 33.8 Å². The zero-order valence-electron chi connectivity index (χ0n) is 8.74. The Kier molecular flexibility index (Phi) is 4.74. The van der Waals surface area contributed by atoms with E-state index in [-0.39, 0.29) is 15.6 Å². The lowest BCUT2D eigenvalue weighted by Crippen LogP contribution is -2.32. The lowest BCUT2D eigenvalue weighted by molar-refractivity contribution is -0.152. The first-order chi connectivity index (χ1) is 7.93. The summed E-state index contributed by atoms with van der Waals surface area (Å²) in [6.07, 6.45) is -1.17. The highest BCUT2D eigenvalue weighted by molar-refractivity contribution is 6.39. The second kappa shape index (κ2) is 5.86. The molecule has 1 aromatic carbocycles. The van der Waals surface area contributed by atoms with Crippen molar-refractivity contribution >= 4 is 35.1 Å². The smallest absolute Gasteiger partial charge is 0.335 e. The molecular weight excluding hydrogens is 269 g/mol. The third-order valence-electron chi connectivity index (χ3n) is 1.87. The SMILES string of the molecule is CC(ONC(=O)c1c(Cl)cccc1Cl)C(=O)O. The number of carboxylic acid groups (broad SMARTS) is 1. The number of benzene rings is 1. The van der Waals surface area contributed by atoms with Crippen molar-refractivity contribution in [2.75, 3.05) is 0 Å². The Hall–Kier alpha value is -1.30. The fourth-order valence-corrected chi connectivity index (χ4v) is 1.53. The van der Waals surface area contributed by atoms with Gasteiger partial charge < -0.3 is 5.11 Å². The molecule has 0 aliphatic rings. The molecule has 1 amide bonds. The van der Waals surface area contributed by atoms with E-state index in [1.807, 2.05) is 5.48 Å². The molecule has 0 radical (unpaired) electrons. The molecule has 0 aliphatic carbocycles. The minimum atomic E-state index is -1.20. The summed E-state index contributed by atoms with van der Waals surface area (Å²) in [5.41, 5.74) is 2.01. The number of carboxylic acids is 1. The van der Waals surface area contributed by atoms with Gasteiger partial charge in [0.1, 0.15) is 0 Å². The number of nitrogens with one attached hydrogen (secondary N) is 1. The van der Waals surface area contributed by atoms with Crippen LogP contribution in [-0.4, -0.2) is 23.1 Å². The van der Waals surface area contributed by atoms with Crippen molar-refractivity contribution in [3.63, 3.8) is 0 Å². The molecule has 1 unspecified atom stereocenters. The molecule has 1 atom stereocenters. The molecule has 7 heteroatoms. The fraction of sp³-hybridized carbons (Fsp3) is 0.200. The third-order valence-corrected chi connectivity index (χ3v) is 2.50. The largest absolute Gasteiger partial charge is 0.479 e. The van der Waals surface area contributed by atoms with Crippen molar-refractivity contribution in [3.8, 4) is 0 Å². The predicted molar refractivity (Wildman–Crippen MR) is 62.1 cm³/mol. The van der Waals surface area contributed by atoms with Crippen LogP contribution in [0.2, 0.25) is 10.0 Å². The van der Waals surface area contributed by atoms with E-state index < -0.39 is 18.0 Å². The maximum atomic E-state index is 11.6. The van der Waals surface area contributed by atoms with E-state index in [2.05, 4.69) is 4.84 Å². The number of carbonyl (C=O) groups is 2. The molecule has 0 fully saturated rings. The van der Waals surface area contributed by atoms with Gasteiger partial charge in [-0.25, -0.2) is 10.3 Å². The molecular formula is C10H9Cl2NO4. The molecule has 5 nitrogen and oxygen atoms in total. The van der Waals surface area contributed by atoms with Crippen LogP contribution in [-0.2, 0) is 9.63 Å². The molecule has 0 saturated carbocycles. The van der Waals surface area contributed by atoms with E-state index in [9.17, 15) is 9.59 Å². The number of hydrogen-bond acceptors (Lipinski definition) is 3. The van der Waals surface area contributed by atoms with Gasteiger partial charge in [-0.2, -0.15) is 0 Å². The van der Waals surface area contributed by atoms with Gasteiger partial charge in [-0.15, -0.1) is 0 Å². The van der Waals surface area contributed by atoms with Crippen molar-refractivity contribution in [2.45, 2.75) is 13.0 Å². The minimum absolute atomic E-state index is 0.0356. The van der Waals surface area contributed by atoms with Gasteiger partial charge in [0, 0.05) is 0 Å². The van der Waals surface area contributed by atoms with Gasteiger partial charge >= 0.3 is 5.97 Å². The van der Waals surface area contributed by atoms with Crippen molar-refractivity contribution in [1.82, 2.24) is 5.48 Å². The second-order valence-corrected chi connectivity index (χ2v) is 3.94. The predicted octanol–water partition coefficient (Wildman–Crippen LogP) is 2.13. The number of rotatable bonds is 4. The summed E-state index contributed by atoms with van der Waals surface area (Å²) in [4.78, 5) is 26.7. The first kappa shape index (κ1) is 13.8. The number of hydroxylamine groups is 1. The van der Waals surface area contributed by atoms with Crippen LogP contribution >= 0.6 is 23.2 Å². The average Bonchev–Trinajstić information content (AvgIpc) is 2.25. The normalized spacial score (nSPS) is 11.9. The summed E-state index contributed by atoms with van der Waals surface area (Å²) < 4.78 is 0. The van der Waals surface area contributed by atoms with E-state index in [4.69, 9.17) is 28.3 Å². The molecule has 1 rings (SSSR count). The van der Waals surface area contributed by atoms with Crippen molar-refractivity contribution in [1.29, 1.82) is 0 Å². The number of halogens is 2. The standard InChI is InChI=1S/C10H9Cl2NO4/c1-5(10(15)16)17-13-9(14)8-6(11)3-2-4-7(8)12/h2-5H,1H3,(H,13,14)(H,15,16). The van der Waals surface area contributed by atoms with Crippen LogP contribution in [0, 0.1) is 0 Å². The Morgan fingerprint density at radius 2 is 1.88 bits per heavy atom. The lowest BCUT2D eigenvalue weighted by Gasteiger charge is -2.10. The van der Waals surface area contributed by atoms with Gasteiger partial charge in [0.2, 0.25) is 0 Å². The van der Waals surface area contributed by atoms with Crippen LogP contribution in [0.4, 0.5) is 0 Å². The number of hydrogen-bond donors (Lipinski definition) is 2. The third kappa shape index (κ3) is 3.59. The summed E-state index contributed by atoms with van der Waals surface area (Å²) >= 11 is 11.6. The molecule has 2 N–H and O–H groups in total. The van der Waals surface area contributed by atoms with Crippen LogP contribution in [0.5, 0.6) is 0 Å². The zero-order valence-corrected chi connectivity index (χ0v) is 10.2. The van der Waals surface area contributed by atoms with E-state index in [0.29, 0.717) is 0 Å². The molecule has 0 heterocycles. The Labute approximate surface area is 107 Å². The summed E-state index contributed by atoms with van der Waals surface area (Å²) in [6, 6.07) is 4.56. The Balaban J connectivity index is 2.74. The topological polar surface area (TPSA) is 75.6 Å². The summed E-state index contributed by atoms with van der Waals surface area (Å²) in [5.74, 6) is -1.90. The summed E-state index contributed by atoms with van der Waals surface area (Å²) in [5, 5.41) is 8.85. The van der Waals surface area contributed by atoms with E-state index in [1.54, 1.807) is 6.07 Å². The Morgan fingerprint density at radius 1 is 1.35 bits per heavy atom. The lowest BCUT2D eigenvalue weighted by atomic mass is 10.2. The highest BCUT2D eigenvalue weighted by Crippen LogP contribution is 2.23. The molecule has 92 valence electrons. The molecule has 0 aromatic heterocycles. The van der Waals surface area contributed by atoms with Crippen LogP contribution < -0.4 is 5.48 Å². The van der Waals surface area contributed by atoms with Gasteiger partial charge in [0.05, 0.1) is 15.6 Å². The fourth-order valence-electron chi connectivity index (χ4n) is 0.958. The number of aliphatic carboxylic acids is 1. The van der Waals surface area contributed by atoms with Gasteiger partial charge in [0.25, 0.3) is 5.91 Å². The highest BCUT2D eigenvalue weighted by atomic mass is 35.5. The van der Waals surface area contributed by atoms with E-state index in [0.717, 1.165) is 0 Å². The molecule has 17 heavy (non-hydrogen) atoms.